The van der Waals surface area contributed by atoms with E-state index in [0.717, 1.165) is 11.3 Å². The molecular weight excluding hydrogens is 234 g/mol. The minimum absolute atomic E-state index is 0.120. The minimum Gasteiger partial charge on any atom is -0.310 e. The molecule has 1 heterocycles. The van der Waals surface area contributed by atoms with Gasteiger partial charge in [0.15, 0.2) is 0 Å². The summed E-state index contributed by atoms with van der Waals surface area (Å²) in [6, 6.07) is 16.2. The third-order valence-corrected chi connectivity index (χ3v) is 3.12. The minimum atomic E-state index is -0.120. The van der Waals surface area contributed by atoms with Crippen molar-refractivity contribution in [2.24, 2.45) is 0 Å². The van der Waals surface area contributed by atoms with Crippen LogP contribution >= 0.6 is 0 Å². The monoisotopic (exact) mass is 251 g/mol. The van der Waals surface area contributed by atoms with Crippen LogP contribution in [0.2, 0.25) is 0 Å². The fourth-order valence-electron chi connectivity index (χ4n) is 1.96. The third kappa shape index (κ3) is 3.64. The molecule has 1 aromatic carbocycles. The molecule has 3 heteroatoms. The first kappa shape index (κ1) is 13.3. The van der Waals surface area contributed by atoms with Crippen molar-refractivity contribution in [1.82, 2.24) is 10.3 Å². The normalized spacial score (nSPS) is 11.8. The molecule has 3 nitrogen and oxygen atoms in total. The van der Waals surface area contributed by atoms with Crippen LogP contribution in [0.5, 0.6) is 0 Å². The highest BCUT2D eigenvalue weighted by molar-refractivity contribution is 5.25. The van der Waals surface area contributed by atoms with Crippen LogP contribution in [-0.4, -0.2) is 11.5 Å². The molecule has 96 valence electrons. The van der Waals surface area contributed by atoms with Crippen molar-refractivity contribution in [3.63, 3.8) is 0 Å². The molecule has 0 saturated carbocycles. The highest BCUT2D eigenvalue weighted by Crippen LogP contribution is 2.13. The van der Waals surface area contributed by atoms with Crippen LogP contribution in [0.15, 0.2) is 48.7 Å². The number of pyridine rings is 1. The first-order valence-electron chi connectivity index (χ1n) is 6.37. The van der Waals surface area contributed by atoms with Gasteiger partial charge in [-0.05, 0) is 24.1 Å². The molecule has 2 rings (SSSR count). The van der Waals surface area contributed by atoms with Crippen LogP contribution in [0.4, 0.5) is 0 Å². The first-order valence-corrected chi connectivity index (χ1v) is 6.37. The second-order valence-corrected chi connectivity index (χ2v) is 4.49. The highest BCUT2D eigenvalue weighted by Gasteiger charge is 2.09. The Labute approximate surface area is 113 Å². The Kier molecular flexibility index (Phi) is 4.66. The Morgan fingerprint density at radius 1 is 1.21 bits per heavy atom. The molecule has 0 amide bonds. The maximum Gasteiger partial charge on any atom is 0.0837 e. The van der Waals surface area contributed by atoms with Gasteiger partial charge >= 0.3 is 0 Å². The molecule has 0 aliphatic rings. The van der Waals surface area contributed by atoms with Gasteiger partial charge in [0, 0.05) is 19.3 Å². The lowest BCUT2D eigenvalue weighted by atomic mass is 10.0. The summed E-state index contributed by atoms with van der Waals surface area (Å²) in [5.41, 5.74) is 3.26. The lowest BCUT2D eigenvalue weighted by Crippen LogP contribution is -2.21. The standard InChI is InChI=1S/C16H17N3/c1-13-6-5-9-19-16(13)12-18-11-15(10-17)14-7-3-2-4-8-14/h2-9,15,18H,11-12H2,1H3. The zero-order valence-electron chi connectivity index (χ0n) is 11.0. The maximum atomic E-state index is 9.23. The van der Waals surface area contributed by atoms with Gasteiger partial charge in [-0.25, -0.2) is 0 Å². The van der Waals surface area contributed by atoms with Gasteiger partial charge in [0.2, 0.25) is 0 Å². The zero-order valence-corrected chi connectivity index (χ0v) is 11.0. The zero-order chi connectivity index (χ0) is 13.5. The van der Waals surface area contributed by atoms with Crippen LogP contribution in [0, 0.1) is 18.3 Å². The van der Waals surface area contributed by atoms with Gasteiger partial charge in [-0.15, -0.1) is 0 Å². The molecule has 19 heavy (non-hydrogen) atoms. The number of benzene rings is 1. The number of hydrogen-bond acceptors (Lipinski definition) is 3. The molecule has 0 aliphatic carbocycles. The summed E-state index contributed by atoms with van der Waals surface area (Å²) in [6.45, 7) is 3.37. The van der Waals surface area contributed by atoms with E-state index in [1.165, 1.54) is 5.56 Å². The van der Waals surface area contributed by atoms with E-state index < -0.39 is 0 Å². The van der Waals surface area contributed by atoms with Crippen molar-refractivity contribution >= 4 is 0 Å². The summed E-state index contributed by atoms with van der Waals surface area (Å²) < 4.78 is 0. The molecule has 1 atom stereocenters. The second-order valence-electron chi connectivity index (χ2n) is 4.49. The molecule has 0 aliphatic heterocycles. The third-order valence-electron chi connectivity index (χ3n) is 3.12. The van der Waals surface area contributed by atoms with Crippen molar-refractivity contribution in [1.29, 1.82) is 5.26 Å². The van der Waals surface area contributed by atoms with Gasteiger partial charge in [0.05, 0.1) is 17.7 Å². The molecule has 0 bridgehead atoms. The number of nitrogens with one attached hydrogen (secondary N) is 1. The number of nitrogens with zero attached hydrogens (tertiary/aromatic N) is 2. The number of aromatic nitrogens is 1. The predicted molar refractivity (Wildman–Crippen MR) is 75.5 cm³/mol. The summed E-state index contributed by atoms with van der Waals surface area (Å²) in [4.78, 5) is 4.33. The fraction of sp³-hybridized carbons (Fsp3) is 0.250. The van der Waals surface area contributed by atoms with Crippen LogP contribution < -0.4 is 5.32 Å². The Hall–Kier alpha value is -2.18. The second kappa shape index (κ2) is 6.67. The van der Waals surface area contributed by atoms with Crippen molar-refractivity contribution in [3.8, 4) is 6.07 Å². The summed E-state index contributed by atoms with van der Waals surface area (Å²) >= 11 is 0. The van der Waals surface area contributed by atoms with E-state index in [1.807, 2.05) is 49.4 Å². The molecular formula is C16H17N3. The number of hydrogen-bond donors (Lipinski definition) is 1. The molecule has 0 radical (unpaired) electrons. The summed E-state index contributed by atoms with van der Waals surface area (Å²) in [5.74, 6) is -0.120. The van der Waals surface area contributed by atoms with E-state index in [4.69, 9.17) is 0 Å². The van der Waals surface area contributed by atoms with E-state index in [0.29, 0.717) is 13.1 Å². The molecule has 0 spiro atoms. The quantitative estimate of drug-likeness (QED) is 0.889. The van der Waals surface area contributed by atoms with Crippen LogP contribution in [0.3, 0.4) is 0 Å². The van der Waals surface area contributed by atoms with E-state index >= 15 is 0 Å². The summed E-state index contributed by atoms with van der Waals surface area (Å²) in [6.07, 6.45) is 1.79. The summed E-state index contributed by atoms with van der Waals surface area (Å²) in [5, 5.41) is 12.5. The van der Waals surface area contributed by atoms with Gasteiger partial charge in [-0.2, -0.15) is 5.26 Å². The van der Waals surface area contributed by atoms with E-state index in [1.54, 1.807) is 6.20 Å². The molecule has 0 fully saturated rings. The van der Waals surface area contributed by atoms with Gasteiger partial charge in [0.25, 0.3) is 0 Å². The molecule has 0 saturated heterocycles. The fourth-order valence-corrected chi connectivity index (χ4v) is 1.96. The van der Waals surface area contributed by atoms with Crippen molar-refractivity contribution in [2.75, 3.05) is 6.54 Å². The van der Waals surface area contributed by atoms with Crippen LogP contribution in [0.25, 0.3) is 0 Å². The van der Waals surface area contributed by atoms with Gasteiger partial charge in [-0.1, -0.05) is 36.4 Å². The van der Waals surface area contributed by atoms with E-state index in [2.05, 4.69) is 16.4 Å². The van der Waals surface area contributed by atoms with Gasteiger partial charge in [-0.3, -0.25) is 4.98 Å². The van der Waals surface area contributed by atoms with Crippen molar-refractivity contribution < 1.29 is 0 Å². The topological polar surface area (TPSA) is 48.7 Å². The first-order chi connectivity index (χ1) is 9.31. The van der Waals surface area contributed by atoms with E-state index in [-0.39, 0.29) is 5.92 Å². The highest BCUT2D eigenvalue weighted by atomic mass is 14.9. The van der Waals surface area contributed by atoms with Crippen LogP contribution in [-0.2, 0) is 6.54 Å². The lowest BCUT2D eigenvalue weighted by molar-refractivity contribution is 0.640. The Morgan fingerprint density at radius 2 is 2.00 bits per heavy atom. The predicted octanol–water partition coefficient (Wildman–Crippen LogP) is 2.79. The van der Waals surface area contributed by atoms with Crippen molar-refractivity contribution in [3.05, 3.63) is 65.5 Å². The molecule has 2 aromatic rings. The average Bonchev–Trinajstić information content (AvgIpc) is 2.46. The Balaban J connectivity index is 1.92. The van der Waals surface area contributed by atoms with Crippen LogP contribution in [0.1, 0.15) is 22.7 Å². The van der Waals surface area contributed by atoms with Crippen molar-refractivity contribution in [2.45, 2.75) is 19.4 Å². The summed E-state index contributed by atoms with van der Waals surface area (Å²) in [7, 11) is 0. The molecule has 1 aromatic heterocycles. The number of rotatable bonds is 5. The lowest BCUT2D eigenvalue weighted by Gasteiger charge is -2.11. The molecule has 1 unspecified atom stereocenters. The van der Waals surface area contributed by atoms with Gasteiger partial charge < -0.3 is 5.32 Å². The van der Waals surface area contributed by atoms with Gasteiger partial charge in [0.1, 0.15) is 0 Å². The maximum absolute atomic E-state index is 9.23. The SMILES string of the molecule is Cc1cccnc1CNCC(C#N)c1ccccc1. The molecule has 1 N–H and O–H groups in total. The number of aryl methyl sites for hydroxylation is 1. The average molecular weight is 251 g/mol. The smallest absolute Gasteiger partial charge is 0.0837 e. The number of nitriles is 1. The van der Waals surface area contributed by atoms with E-state index in [9.17, 15) is 5.26 Å². The Bertz CT molecular complexity index is 558. The largest absolute Gasteiger partial charge is 0.310 e. The Morgan fingerprint density at radius 3 is 2.68 bits per heavy atom.